The maximum Gasteiger partial charge on any atom is 0.408 e. The van der Waals surface area contributed by atoms with Crippen molar-refractivity contribution in [2.24, 2.45) is 5.92 Å². The second kappa shape index (κ2) is 14.5. The molecule has 0 radical (unpaired) electrons. The molecule has 8 heteroatoms. The van der Waals surface area contributed by atoms with Crippen molar-refractivity contribution in [3.05, 3.63) is 63.7 Å². The van der Waals surface area contributed by atoms with E-state index in [-0.39, 0.29) is 17.7 Å². The Hall–Kier alpha value is -3.06. The number of ether oxygens (including phenoxy) is 1. The Kier molecular flexibility index (Phi) is 12.0. The average molecular weight is 572 g/mol. The number of nitrogens with one attached hydrogen (secondary N) is 2. The quantitative estimate of drug-likeness (QED) is 0.273. The minimum atomic E-state index is -0.944. The Morgan fingerprint density at radius 2 is 1.62 bits per heavy atom. The van der Waals surface area contributed by atoms with Crippen molar-refractivity contribution in [2.45, 2.75) is 99.3 Å². The molecule has 0 aliphatic rings. The molecule has 2 aromatic carbocycles. The maximum absolute atomic E-state index is 14.3. The van der Waals surface area contributed by atoms with Gasteiger partial charge in [-0.2, -0.15) is 0 Å². The number of benzene rings is 2. The molecule has 0 aliphatic carbocycles. The number of anilines is 1. The zero-order chi connectivity index (χ0) is 30.2. The second-order valence-corrected chi connectivity index (χ2v) is 12.3. The molecule has 2 atom stereocenters. The standard InChI is InChI=1S/C32H46ClN3O4/c1-10-11-12-16-36(30(38)26(20(2)3)35-31(39)40-32(7,8)9)28(24-18-21(4)17-22(5)19-24)29(37)34-27-23(6)14-13-15-25(27)33/h13-15,17-20,26,28H,10-12,16H2,1-9H3,(H,34,37)(H,35,39). The molecule has 0 saturated heterocycles. The van der Waals surface area contributed by atoms with Gasteiger partial charge in [-0.1, -0.05) is 86.7 Å². The summed E-state index contributed by atoms with van der Waals surface area (Å²) in [6.45, 7) is 17.3. The largest absolute Gasteiger partial charge is 0.444 e. The molecular weight excluding hydrogens is 526 g/mol. The smallest absolute Gasteiger partial charge is 0.408 e. The molecule has 0 bridgehead atoms. The predicted molar refractivity (Wildman–Crippen MR) is 163 cm³/mol. The Labute approximate surface area is 245 Å². The number of carbonyl (C=O) groups excluding carboxylic acids is 3. The van der Waals surface area contributed by atoms with Crippen molar-refractivity contribution in [2.75, 3.05) is 11.9 Å². The number of unbranched alkanes of at least 4 members (excludes halogenated alkanes) is 2. The summed E-state index contributed by atoms with van der Waals surface area (Å²) in [7, 11) is 0. The van der Waals surface area contributed by atoms with E-state index >= 15 is 0 Å². The Bertz CT molecular complexity index is 1150. The van der Waals surface area contributed by atoms with Gasteiger partial charge < -0.3 is 20.3 Å². The van der Waals surface area contributed by atoms with Crippen LogP contribution in [0.4, 0.5) is 10.5 Å². The molecule has 0 spiro atoms. The van der Waals surface area contributed by atoms with E-state index in [4.69, 9.17) is 16.3 Å². The third kappa shape index (κ3) is 9.54. The van der Waals surface area contributed by atoms with Gasteiger partial charge in [0.15, 0.2) is 0 Å². The van der Waals surface area contributed by atoms with Crippen molar-refractivity contribution < 1.29 is 19.1 Å². The predicted octanol–water partition coefficient (Wildman–Crippen LogP) is 7.51. The Balaban J connectivity index is 2.62. The number of halogens is 1. The molecule has 2 aromatic rings. The first-order valence-corrected chi connectivity index (χ1v) is 14.5. The summed E-state index contributed by atoms with van der Waals surface area (Å²) in [5.41, 5.74) is 3.27. The molecule has 2 N–H and O–H groups in total. The molecular formula is C32H46ClN3O4. The second-order valence-electron chi connectivity index (χ2n) is 11.9. The fourth-order valence-corrected chi connectivity index (χ4v) is 4.92. The van der Waals surface area contributed by atoms with Gasteiger partial charge in [0.1, 0.15) is 17.7 Å². The van der Waals surface area contributed by atoms with E-state index in [1.165, 1.54) is 0 Å². The summed E-state index contributed by atoms with van der Waals surface area (Å²) in [6.07, 6.45) is 1.87. The lowest BCUT2D eigenvalue weighted by molar-refractivity contribution is -0.141. The highest BCUT2D eigenvalue weighted by molar-refractivity contribution is 6.34. The van der Waals surface area contributed by atoms with Gasteiger partial charge in [-0.25, -0.2) is 4.79 Å². The number of aryl methyl sites for hydroxylation is 3. The Morgan fingerprint density at radius 3 is 2.15 bits per heavy atom. The van der Waals surface area contributed by atoms with Crippen LogP contribution in [0, 0.1) is 26.7 Å². The van der Waals surface area contributed by atoms with Crippen LogP contribution >= 0.6 is 11.6 Å². The number of rotatable bonds is 11. The van der Waals surface area contributed by atoms with Crippen molar-refractivity contribution in [3.8, 4) is 0 Å². The molecule has 2 unspecified atom stereocenters. The number of hydrogen-bond donors (Lipinski definition) is 2. The molecule has 0 heterocycles. The molecule has 2 rings (SSSR count). The zero-order valence-corrected chi connectivity index (χ0v) is 26.2. The number of hydrogen-bond acceptors (Lipinski definition) is 4. The molecule has 0 aromatic heterocycles. The summed E-state index contributed by atoms with van der Waals surface area (Å²) in [6, 6.07) is 9.48. The minimum Gasteiger partial charge on any atom is -0.444 e. The minimum absolute atomic E-state index is 0.248. The van der Waals surface area contributed by atoms with Gasteiger partial charge in [-0.15, -0.1) is 0 Å². The third-order valence-electron chi connectivity index (χ3n) is 6.48. The van der Waals surface area contributed by atoms with Gasteiger partial charge in [0, 0.05) is 6.54 Å². The van der Waals surface area contributed by atoms with Crippen molar-refractivity contribution in [1.29, 1.82) is 0 Å². The van der Waals surface area contributed by atoms with Gasteiger partial charge in [0.2, 0.25) is 5.91 Å². The van der Waals surface area contributed by atoms with Crippen LogP contribution < -0.4 is 10.6 Å². The fourth-order valence-electron chi connectivity index (χ4n) is 4.65. The van der Waals surface area contributed by atoms with Crippen LogP contribution in [-0.2, 0) is 14.3 Å². The van der Waals surface area contributed by atoms with Crippen molar-refractivity contribution >= 4 is 35.2 Å². The van der Waals surface area contributed by atoms with Crippen molar-refractivity contribution in [3.63, 3.8) is 0 Å². The first-order valence-electron chi connectivity index (χ1n) is 14.1. The van der Waals surface area contributed by atoms with Gasteiger partial charge in [0.05, 0.1) is 10.7 Å². The number of carbonyl (C=O) groups is 3. The van der Waals surface area contributed by atoms with Gasteiger partial charge in [0.25, 0.3) is 5.91 Å². The van der Waals surface area contributed by atoms with Crippen LogP contribution in [-0.4, -0.2) is 41.0 Å². The Morgan fingerprint density at radius 1 is 1.00 bits per heavy atom. The lowest BCUT2D eigenvalue weighted by atomic mass is 9.96. The van der Waals surface area contributed by atoms with E-state index in [0.29, 0.717) is 29.2 Å². The highest BCUT2D eigenvalue weighted by Gasteiger charge is 2.37. The molecule has 3 amide bonds. The summed E-state index contributed by atoms with van der Waals surface area (Å²) in [5.74, 6) is -0.958. The van der Waals surface area contributed by atoms with E-state index in [0.717, 1.165) is 29.5 Å². The van der Waals surface area contributed by atoms with Crippen LogP contribution in [0.1, 0.15) is 89.1 Å². The van der Waals surface area contributed by atoms with E-state index in [9.17, 15) is 14.4 Å². The molecule has 220 valence electrons. The molecule has 7 nitrogen and oxygen atoms in total. The van der Waals surface area contributed by atoms with E-state index in [1.807, 2.05) is 65.0 Å². The summed E-state index contributed by atoms with van der Waals surface area (Å²) in [4.78, 5) is 42.8. The summed E-state index contributed by atoms with van der Waals surface area (Å²) < 4.78 is 5.46. The van der Waals surface area contributed by atoms with Crippen LogP contribution in [0.2, 0.25) is 5.02 Å². The first kappa shape index (κ1) is 33.1. The van der Waals surface area contributed by atoms with E-state index in [1.54, 1.807) is 31.7 Å². The average Bonchev–Trinajstić information content (AvgIpc) is 2.82. The number of amides is 3. The normalized spacial score (nSPS) is 13.0. The van der Waals surface area contributed by atoms with Gasteiger partial charge in [-0.3, -0.25) is 9.59 Å². The molecule has 40 heavy (non-hydrogen) atoms. The lowest BCUT2D eigenvalue weighted by Gasteiger charge is -2.36. The van der Waals surface area contributed by atoms with E-state index < -0.39 is 23.8 Å². The highest BCUT2D eigenvalue weighted by atomic mass is 35.5. The maximum atomic E-state index is 14.3. The van der Waals surface area contributed by atoms with Crippen LogP contribution in [0.5, 0.6) is 0 Å². The van der Waals surface area contributed by atoms with Gasteiger partial charge >= 0.3 is 6.09 Å². The van der Waals surface area contributed by atoms with Gasteiger partial charge in [-0.05, 0) is 71.1 Å². The lowest BCUT2D eigenvalue weighted by Crippen LogP contribution is -2.54. The molecule has 0 saturated carbocycles. The van der Waals surface area contributed by atoms with E-state index in [2.05, 4.69) is 17.6 Å². The number of alkyl carbamates (subject to hydrolysis) is 1. The topological polar surface area (TPSA) is 87.7 Å². The zero-order valence-electron chi connectivity index (χ0n) is 25.5. The number of para-hydroxylation sites is 1. The SMILES string of the molecule is CCCCCN(C(=O)C(NC(=O)OC(C)(C)C)C(C)C)C(C(=O)Nc1c(C)cccc1Cl)c1cc(C)cc(C)c1. The van der Waals surface area contributed by atoms with Crippen LogP contribution in [0.3, 0.4) is 0 Å². The van der Waals surface area contributed by atoms with Crippen molar-refractivity contribution in [1.82, 2.24) is 10.2 Å². The summed E-state index contributed by atoms with van der Waals surface area (Å²) >= 11 is 6.46. The van der Waals surface area contributed by atoms with Crippen LogP contribution in [0.25, 0.3) is 0 Å². The third-order valence-corrected chi connectivity index (χ3v) is 6.80. The molecule has 0 aliphatic heterocycles. The molecule has 0 fully saturated rings. The fraction of sp³-hybridized carbons (Fsp3) is 0.531. The highest BCUT2D eigenvalue weighted by Crippen LogP contribution is 2.31. The summed E-state index contributed by atoms with van der Waals surface area (Å²) in [5, 5.41) is 6.20. The number of nitrogens with zero attached hydrogens (tertiary/aromatic N) is 1. The first-order chi connectivity index (χ1) is 18.6. The monoisotopic (exact) mass is 571 g/mol. The van der Waals surface area contributed by atoms with Crippen LogP contribution in [0.15, 0.2) is 36.4 Å².